The number of hydrogen-bond acceptors (Lipinski definition) is 5. The van der Waals surface area contributed by atoms with Crippen LogP contribution < -0.4 is 4.90 Å². The summed E-state index contributed by atoms with van der Waals surface area (Å²) in [4.78, 5) is 19.0. The van der Waals surface area contributed by atoms with Gasteiger partial charge in [-0.3, -0.25) is 4.57 Å². The Morgan fingerprint density at radius 2 is 0.871 bits per heavy atom. The first-order chi connectivity index (χ1) is 45.8. The molecular weight excluding hydrogens is 1150 g/mol. The van der Waals surface area contributed by atoms with E-state index in [0.717, 1.165) is 82.7 Å². The molecule has 0 radical (unpaired) electrons. The number of rotatable bonds is 9. The van der Waals surface area contributed by atoms with Gasteiger partial charge < -0.3 is 4.90 Å². The minimum atomic E-state index is -0.537. The summed E-state index contributed by atoms with van der Waals surface area (Å²) < 4.78 is 4.80. The first-order valence-electron chi connectivity index (χ1n) is 32.0. The van der Waals surface area contributed by atoms with Crippen molar-refractivity contribution < 1.29 is 0 Å². The molecule has 0 unspecified atom stereocenters. The lowest BCUT2D eigenvalue weighted by atomic mass is 9.68. The summed E-state index contributed by atoms with van der Waals surface area (Å²) in [5.41, 5.74) is 21.2. The zero-order valence-corrected chi connectivity index (χ0v) is 51.9. The van der Waals surface area contributed by atoms with Crippen LogP contribution in [0, 0.1) is 0 Å². The van der Waals surface area contributed by atoms with Crippen LogP contribution in [0.4, 0.5) is 17.1 Å². The predicted octanol–water partition coefficient (Wildman–Crippen LogP) is 22.8. The predicted molar refractivity (Wildman–Crippen MR) is 388 cm³/mol. The summed E-state index contributed by atoms with van der Waals surface area (Å²) in [6.45, 7) is 4.72. The van der Waals surface area contributed by atoms with Crippen LogP contribution in [0.15, 0.2) is 309 Å². The van der Waals surface area contributed by atoms with E-state index in [2.05, 4.69) is 333 Å². The van der Waals surface area contributed by atoms with Gasteiger partial charge in [0.15, 0.2) is 11.6 Å². The molecule has 0 atom stereocenters. The van der Waals surface area contributed by atoms with Gasteiger partial charge in [-0.25, -0.2) is 4.98 Å². The third kappa shape index (κ3) is 8.02. The number of para-hydroxylation sites is 1. The molecule has 0 fully saturated rings. The maximum Gasteiger partial charge on any atom is 0.238 e. The number of nitrogens with zero attached hydrogens (tertiary/aromatic N) is 5. The van der Waals surface area contributed by atoms with Crippen molar-refractivity contribution in [3.8, 4) is 62.1 Å². The average Bonchev–Trinajstić information content (AvgIpc) is 1.56. The Kier molecular flexibility index (Phi) is 11.7. The van der Waals surface area contributed by atoms with Gasteiger partial charge in [-0.15, -0.1) is 11.3 Å². The first-order valence-corrected chi connectivity index (χ1v) is 32.8. The van der Waals surface area contributed by atoms with Crippen LogP contribution in [-0.2, 0) is 10.8 Å². The number of aromatic nitrogens is 4. The smallest absolute Gasteiger partial charge is 0.238 e. The minimum Gasteiger partial charge on any atom is -0.308 e. The molecule has 3 heterocycles. The topological polar surface area (TPSA) is 46.8 Å². The van der Waals surface area contributed by atoms with Crippen molar-refractivity contribution in [1.29, 1.82) is 0 Å². The average molecular weight is 1200 g/mol. The molecule has 19 rings (SSSR count). The minimum absolute atomic E-state index is 0.262. The molecule has 436 valence electrons. The molecule has 0 saturated carbocycles. The molecule has 93 heavy (non-hydrogen) atoms. The fraction of sp³-hybridized carbons (Fsp3) is 0.0460. The van der Waals surface area contributed by atoms with Gasteiger partial charge in [0.05, 0.1) is 32.5 Å². The second kappa shape index (κ2) is 20.5. The molecular formula is C87H57N5S. The van der Waals surface area contributed by atoms with Crippen molar-refractivity contribution in [2.24, 2.45) is 0 Å². The summed E-state index contributed by atoms with van der Waals surface area (Å²) in [7, 11) is 0. The van der Waals surface area contributed by atoms with Crippen LogP contribution in [0.1, 0.15) is 47.2 Å². The van der Waals surface area contributed by atoms with Crippen molar-refractivity contribution >= 4 is 91.9 Å². The number of anilines is 3. The quantitative estimate of drug-likeness (QED) is 0.144. The fourth-order valence-corrected chi connectivity index (χ4v) is 17.0. The second-order valence-corrected chi connectivity index (χ2v) is 26.5. The highest BCUT2D eigenvalue weighted by Crippen LogP contribution is 2.59. The summed E-state index contributed by atoms with van der Waals surface area (Å²) in [5.74, 6) is 1.78. The molecule has 0 bridgehead atoms. The molecule has 2 aliphatic rings. The van der Waals surface area contributed by atoms with E-state index in [9.17, 15) is 0 Å². The van der Waals surface area contributed by atoms with Crippen molar-refractivity contribution in [1.82, 2.24) is 19.5 Å². The van der Waals surface area contributed by atoms with E-state index in [1.165, 1.54) is 75.8 Å². The normalized spacial score (nSPS) is 13.4. The zero-order valence-electron chi connectivity index (χ0n) is 51.1. The molecule has 0 spiro atoms. The highest BCUT2D eigenvalue weighted by molar-refractivity contribution is 7.26. The van der Waals surface area contributed by atoms with Crippen LogP contribution in [0.3, 0.4) is 0 Å². The van der Waals surface area contributed by atoms with Gasteiger partial charge in [0.1, 0.15) is 0 Å². The summed E-state index contributed by atoms with van der Waals surface area (Å²) in [6, 6.07) is 114. The fourth-order valence-electron chi connectivity index (χ4n) is 15.8. The Morgan fingerprint density at radius 3 is 1.58 bits per heavy atom. The third-order valence-electron chi connectivity index (χ3n) is 20.1. The van der Waals surface area contributed by atoms with Crippen LogP contribution in [0.5, 0.6) is 0 Å². The lowest BCUT2D eigenvalue weighted by molar-refractivity contribution is 0.661. The van der Waals surface area contributed by atoms with Gasteiger partial charge in [-0.1, -0.05) is 257 Å². The van der Waals surface area contributed by atoms with E-state index < -0.39 is 5.41 Å². The Hall–Kier alpha value is -11.6. The number of fused-ring (bicyclic) bond motifs is 14. The van der Waals surface area contributed by atoms with E-state index in [1.54, 1.807) is 0 Å². The molecule has 0 aliphatic heterocycles. The van der Waals surface area contributed by atoms with E-state index in [-0.39, 0.29) is 5.41 Å². The summed E-state index contributed by atoms with van der Waals surface area (Å²) >= 11 is 1.86. The molecule has 0 saturated heterocycles. The first kappa shape index (κ1) is 53.3. The maximum absolute atomic E-state index is 5.55. The Bertz CT molecular complexity index is 5800. The number of benzene rings is 14. The maximum atomic E-state index is 5.55. The molecule has 0 N–H and O–H groups in total. The van der Waals surface area contributed by atoms with E-state index >= 15 is 0 Å². The SMILES string of the molecule is CC1(C)c2ccccc2-c2cc3c4cc(-c5ccccc5N(c5ccc6c(c5)-c5ccccc5C6(c5ccccc5)c5ccccc5)c5cccc6c5sc5ccccc56)ccc4n(-c4nc(-c5ccc6ccccc6c5)nc(-c5ccc6ccccc6c5)n4)c3cc21. The summed E-state index contributed by atoms with van der Waals surface area (Å²) in [5, 5.41) is 9.31. The van der Waals surface area contributed by atoms with Gasteiger partial charge in [0.2, 0.25) is 5.95 Å². The van der Waals surface area contributed by atoms with E-state index in [1.807, 2.05) is 11.3 Å². The van der Waals surface area contributed by atoms with E-state index in [4.69, 9.17) is 15.0 Å². The van der Waals surface area contributed by atoms with Crippen LogP contribution >= 0.6 is 11.3 Å². The van der Waals surface area contributed by atoms with Crippen LogP contribution in [0.25, 0.3) is 126 Å². The Labute approximate surface area is 542 Å². The van der Waals surface area contributed by atoms with Gasteiger partial charge >= 0.3 is 0 Å². The zero-order chi connectivity index (χ0) is 61.5. The monoisotopic (exact) mass is 1200 g/mol. The van der Waals surface area contributed by atoms with Gasteiger partial charge in [0.25, 0.3) is 0 Å². The summed E-state index contributed by atoms with van der Waals surface area (Å²) in [6.07, 6.45) is 0. The van der Waals surface area contributed by atoms with Crippen molar-refractivity contribution in [2.75, 3.05) is 4.90 Å². The molecule has 14 aromatic carbocycles. The Morgan fingerprint density at radius 1 is 0.333 bits per heavy atom. The molecule has 5 nitrogen and oxygen atoms in total. The van der Waals surface area contributed by atoms with Gasteiger partial charge in [-0.2, -0.15) is 9.97 Å². The molecule has 6 heteroatoms. The van der Waals surface area contributed by atoms with Gasteiger partial charge in [-0.05, 0) is 149 Å². The van der Waals surface area contributed by atoms with Crippen LogP contribution in [0.2, 0.25) is 0 Å². The number of thiophene rings is 1. The molecule has 0 amide bonds. The molecule has 17 aromatic rings. The van der Waals surface area contributed by atoms with Crippen molar-refractivity contribution in [2.45, 2.75) is 24.7 Å². The van der Waals surface area contributed by atoms with Crippen molar-refractivity contribution in [3.05, 3.63) is 343 Å². The Balaban J connectivity index is 0.855. The molecule has 2 aliphatic carbocycles. The highest BCUT2D eigenvalue weighted by Gasteiger charge is 2.46. The molecule has 3 aromatic heterocycles. The lowest BCUT2D eigenvalue weighted by Gasteiger charge is -2.34. The van der Waals surface area contributed by atoms with Gasteiger partial charge in [0, 0.05) is 54.0 Å². The highest BCUT2D eigenvalue weighted by atomic mass is 32.1. The van der Waals surface area contributed by atoms with Crippen molar-refractivity contribution in [3.63, 3.8) is 0 Å². The van der Waals surface area contributed by atoms with E-state index in [0.29, 0.717) is 17.6 Å². The third-order valence-corrected chi connectivity index (χ3v) is 21.3. The largest absolute Gasteiger partial charge is 0.308 e. The standard InChI is InChI=1S/C87H57N5S/c1-86(2)73-35-17-13-31-65(73)70-52-72-71-50-58(44-47-78(71)92(80(72)53-76(70)86)85-89-83(59-42-40-54-22-9-11-24-56(54)48-59)88-84(90-85)60-43-41-55-23-10-12-25-57(55)49-60)64-30-15-19-37-77(64)91(79-38-21-34-68-67-33-16-20-39-81(67)93-82(68)79)63-45-46-75-69(51-63)66-32-14-18-36-74(66)87(75,61-26-5-3-6-27-61)62-28-7-4-8-29-62/h3-53H,1-2H3. The second-order valence-electron chi connectivity index (χ2n) is 25.4. The number of hydrogen-bond donors (Lipinski definition) is 0. The lowest BCUT2D eigenvalue weighted by Crippen LogP contribution is -2.28. The van der Waals surface area contributed by atoms with Crippen LogP contribution in [-0.4, -0.2) is 19.5 Å².